The molecule has 0 amide bonds. The average molecular weight is 307 g/mol. The number of hydrogen-bond donors (Lipinski definition) is 1. The molecule has 0 aliphatic heterocycles. The predicted octanol–water partition coefficient (Wildman–Crippen LogP) is 4.52. The smallest absolute Gasteiger partial charge is 0.406 e. The van der Waals surface area contributed by atoms with Crippen LogP contribution in [-0.2, 0) is 0 Å². The molecule has 0 aliphatic rings. The van der Waals surface area contributed by atoms with Crippen molar-refractivity contribution in [2.45, 2.75) is 6.36 Å². The van der Waals surface area contributed by atoms with Gasteiger partial charge in [-0.05, 0) is 30.3 Å². The average Bonchev–Trinajstić information content (AvgIpc) is 2.33. The van der Waals surface area contributed by atoms with Crippen molar-refractivity contribution in [1.82, 2.24) is 4.98 Å². The zero-order chi connectivity index (χ0) is 14.8. The van der Waals surface area contributed by atoms with Crippen molar-refractivity contribution in [3.05, 3.63) is 47.4 Å². The quantitative estimate of drug-likeness (QED) is 0.847. The molecule has 0 fully saturated rings. The Labute approximate surface area is 116 Å². The molecule has 20 heavy (non-hydrogen) atoms. The molecule has 2 rings (SSSR count). The van der Waals surface area contributed by atoms with Gasteiger partial charge in [0.05, 0.1) is 5.02 Å². The van der Waals surface area contributed by atoms with E-state index in [9.17, 15) is 17.6 Å². The second kappa shape index (κ2) is 5.54. The Morgan fingerprint density at radius 3 is 2.35 bits per heavy atom. The summed E-state index contributed by atoms with van der Waals surface area (Å²) in [6.07, 6.45) is -3.51. The van der Waals surface area contributed by atoms with E-state index in [4.69, 9.17) is 11.6 Å². The van der Waals surface area contributed by atoms with Gasteiger partial charge in [-0.25, -0.2) is 9.37 Å². The molecule has 1 heterocycles. The standard InChI is InChI=1S/C12H7ClF4N2O/c13-7-5-10(14)11(18-6-7)19-8-1-3-9(4-2-8)20-12(15,16)17/h1-6H,(H,18,19). The van der Waals surface area contributed by atoms with Crippen LogP contribution in [0.5, 0.6) is 5.75 Å². The normalized spacial score (nSPS) is 11.2. The first kappa shape index (κ1) is 14.4. The van der Waals surface area contributed by atoms with Crippen molar-refractivity contribution in [1.29, 1.82) is 0 Å². The number of aromatic nitrogens is 1. The first-order valence-corrected chi connectivity index (χ1v) is 5.65. The molecule has 0 spiro atoms. The zero-order valence-corrected chi connectivity index (χ0v) is 10.5. The van der Waals surface area contributed by atoms with Crippen molar-refractivity contribution in [2.75, 3.05) is 5.32 Å². The Hall–Kier alpha value is -2.02. The number of ether oxygens (including phenoxy) is 1. The highest BCUT2D eigenvalue weighted by Gasteiger charge is 2.30. The van der Waals surface area contributed by atoms with Crippen LogP contribution < -0.4 is 10.1 Å². The summed E-state index contributed by atoms with van der Waals surface area (Å²) in [6, 6.07) is 5.87. The highest BCUT2D eigenvalue weighted by atomic mass is 35.5. The van der Waals surface area contributed by atoms with Gasteiger partial charge < -0.3 is 10.1 Å². The van der Waals surface area contributed by atoms with Crippen molar-refractivity contribution in [3.63, 3.8) is 0 Å². The summed E-state index contributed by atoms with van der Waals surface area (Å²) in [5.41, 5.74) is 0.355. The van der Waals surface area contributed by atoms with Crippen LogP contribution in [0.4, 0.5) is 29.1 Å². The van der Waals surface area contributed by atoms with Crippen LogP contribution in [0, 0.1) is 5.82 Å². The van der Waals surface area contributed by atoms with E-state index in [1.807, 2.05) is 0 Å². The third kappa shape index (κ3) is 3.99. The SMILES string of the molecule is Fc1cc(Cl)cnc1Nc1ccc(OC(F)(F)F)cc1. The maximum absolute atomic E-state index is 13.5. The molecule has 0 unspecified atom stereocenters. The number of alkyl halides is 3. The van der Waals surface area contributed by atoms with Gasteiger partial charge >= 0.3 is 6.36 Å². The molecular formula is C12H7ClF4N2O. The van der Waals surface area contributed by atoms with E-state index in [2.05, 4.69) is 15.0 Å². The summed E-state index contributed by atoms with van der Waals surface area (Å²) < 4.78 is 53.1. The van der Waals surface area contributed by atoms with Gasteiger partial charge in [0.2, 0.25) is 0 Å². The van der Waals surface area contributed by atoms with Gasteiger partial charge in [0.25, 0.3) is 0 Å². The minimum Gasteiger partial charge on any atom is -0.406 e. The lowest BCUT2D eigenvalue weighted by Gasteiger charge is -2.10. The minimum atomic E-state index is -4.75. The summed E-state index contributed by atoms with van der Waals surface area (Å²) in [6.45, 7) is 0. The fourth-order valence-electron chi connectivity index (χ4n) is 1.38. The molecule has 1 aromatic carbocycles. The van der Waals surface area contributed by atoms with E-state index >= 15 is 0 Å². The molecule has 0 radical (unpaired) electrons. The molecule has 3 nitrogen and oxygen atoms in total. The van der Waals surface area contributed by atoms with Crippen LogP contribution in [0.15, 0.2) is 36.5 Å². The van der Waals surface area contributed by atoms with E-state index in [0.29, 0.717) is 5.69 Å². The number of rotatable bonds is 3. The Bertz CT molecular complexity index is 601. The van der Waals surface area contributed by atoms with Crippen molar-refractivity contribution in [3.8, 4) is 5.75 Å². The second-order valence-electron chi connectivity index (χ2n) is 3.68. The van der Waals surface area contributed by atoms with Crippen molar-refractivity contribution in [2.24, 2.45) is 0 Å². The second-order valence-corrected chi connectivity index (χ2v) is 4.12. The Morgan fingerprint density at radius 2 is 1.80 bits per heavy atom. The third-order valence-electron chi connectivity index (χ3n) is 2.16. The van der Waals surface area contributed by atoms with Crippen LogP contribution in [0.25, 0.3) is 0 Å². The lowest BCUT2D eigenvalue weighted by atomic mass is 10.3. The van der Waals surface area contributed by atoms with E-state index < -0.39 is 12.2 Å². The first-order valence-electron chi connectivity index (χ1n) is 5.27. The van der Waals surface area contributed by atoms with E-state index in [1.165, 1.54) is 18.3 Å². The highest BCUT2D eigenvalue weighted by molar-refractivity contribution is 6.30. The molecule has 0 bridgehead atoms. The number of hydrogen-bond acceptors (Lipinski definition) is 3. The van der Waals surface area contributed by atoms with Crippen LogP contribution in [-0.4, -0.2) is 11.3 Å². The monoisotopic (exact) mass is 306 g/mol. The minimum absolute atomic E-state index is 0.0844. The summed E-state index contributed by atoms with van der Waals surface area (Å²) in [7, 11) is 0. The van der Waals surface area contributed by atoms with Crippen molar-refractivity contribution < 1.29 is 22.3 Å². The van der Waals surface area contributed by atoms with Gasteiger partial charge in [-0.15, -0.1) is 13.2 Å². The van der Waals surface area contributed by atoms with Gasteiger partial charge in [0, 0.05) is 11.9 Å². The van der Waals surface area contributed by atoms with Gasteiger partial charge in [0.1, 0.15) is 5.75 Å². The predicted molar refractivity (Wildman–Crippen MR) is 65.6 cm³/mol. The lowest BCUT2D eigenvalue weighted by Crippen LogP contribution is -2.16. The van der Waals surface area contributed by atoms with Crippen LogP contribution >= 0.6 is 11.6 Å². The molecule has 106 valence electrons. The number of benzene rings is 1. The molecular weight excluding hydrogens is 300 g/mol. The molecule has 1 aromatic heterocycles. The largest absolute Gasteiger partial charge is 0.573 e. The van der Waals surface area contributed by atoms with E-state index in [-0.39, 0.29) is 16.6 Å². The number of anilines is 2. The number of pyridine rings is 1. The number of nitrogens with zero attached hydrogens (tertiary/aromatic N) is 1. The zero-order valence-electron chi connectivity index (χ0n) is 9.71. The molecule has 2 aromatic rings. The number of nitrogens with one attached hydrogen (secondary N) is 1. The number of halogens is 5. The van der Waals surface area contributed by atoms with Crippen LogP contribution in [0.3, 0.4) is 0 Å². The fraction of sp³-hybridized carbons (Fsp3) is 0.0833. The summed E-state index contributed by atoms with van der Waals surface area (Å²) in [5, 5.41) is 2.75. The lowest BCUT2D eigenvalue weighted by molar-refractivity contribution is -0.274. The van der Waals surface area contributed by atoms with Crippen LogP contribution in [0.1, 0.15) is 0 Å². The highest BCUT2D eigenvalue weighted by Crippen LogP contribution is 2.25. The van der Waals surface area contributed by atoms with Gasteiger partial charge in [0.15, 0.2) is 11.6 Å². The van der Waals surface area contributed by atoms with E-state index in [0.717, 1.165) is 18.2 Å². The summed E-state index contributed by atoms with van der Waals surface area (Å²) in [4.78, 5) is 3.73. The maximum Gasteiger partial charge on any atom is 0.573 e. The summed E-state index contributed by atoms with van der Waals surface area (Å²) >= 11 is 5.55. The molecule has 0 aliphatic carbocycles. The topological polar surface area (TPSA) is 34.2 Å². The molecule has 0 saturated heterocycles. The van der Waals surface area contributed by atoms with Crippen molar-refractivity contribution >= 4 is 23.1 Å². The van der Waals surface area contributed by atoms with Gasteiger partial charge in [-0.3, -0.25) is 0 Å². The van der Waals surface area contributed by atoms with Gasteiger partial charge in [-0.2, -0.15) is 0 Å². The molecule has 1 N–H and O–H groups in total. The first-order chi connectivity index (χ1) is 9.33. The maximum atomic E-state index is 13.5. The van der Waals surface area contributed by atoms with Gasteiger partial charge in [-0.1, -0.05) is 11.6 Å². The summed E-state index contributed by atoms with van der Waals surface area (Å²) in [5.74, 6) is -1.13. The van der Waals surface area contributed by atoms with E-state index in [1.54, 1.807) is 0 Å². The molecule has 0 atom stereocenters. The Morgan fingerprint density at radius 1 is 1.15 bits per heavy atom. The van der Waals surface area contributed by atoms with Crippen LogP contribution in [0.2, 0.25) is 5.02 Å². The third-order valence-corrected chi connectivity index (χ3v) is 2.37. The molecule has 0 saturated carbocycles. The Balaban J connectivity index is 2.11. The molecule has 8 heteroatoms. The fourth-order valence-corrected chi connectivity index (χ4v) is 1.53. The Kier molecular flexibility index (Phi) is 3.99.